The molecule has 0 saturated heterocycles. The van der Waals surface area contributed by atoms with Crippen LogP contribution < -0.4 is 0 Å². The first-order chi connectivity index (χ1) is 30.0. The number of hydrogen-bond acceptors (Lipinski definition) is 6. The van der Waals surface area contributed by atoms with E-state index in [-0.39, 0.29) is 37.5 Å². The third-order valence-electron chi connectivity index (χ3n) is 11.2. The van der Waals surface area contributed by atoms with Crippen molar-refractivity contribution in [1.82, 2.24) is 0 Å². The molecule has 61 heavy (non-hydrogen) atoms. The lowest BCUT2D eigenvalue weighted by atomic mass is 10.0. The highest BCUT2D eigenvalue weighted by atomic mass is 16.6. The van der Waals surface area contributed by atoms with Crippen molar-refractivity contribution in [3.05, 3.63) is 60.8 Å². The minimum absolute atomic E-state index is 0.0994. The van der Waals surface area contributed by atoms with Crippen LogP contribution in [0.1, 0.15) is 252 Å². The largest absolute Gasteiger partial charge is 0.462 e. The zero-order valence-corrected chi connectivity index (χ0v) is 40.2. The highest BCUT2D eigenvalue weighted by molar-refractivity contribution is 5.71. The summed E-state index contributed by atoms with van der Waals surface area (Å²) in [5.41, 5.74) is 0. The van der Waals surface area contributed by atoms with E-state index in [0.717, 1.165) is 51.4 Å². The van der Waals surface area contributed by atoms with Crippen molar-refractivity contribution in [2.24, 2.45) is 0 Å². The average molecular weight is 853 g/mol. The molecule has 0 bridgehead atoms. The Kier molecular flexibility index (Phi) is 47.4. The molecule has 0 spiro atoms. The maximum atomic E-state index is 12.7. The van der Waals surface area contributed by atoms with Gasteiger partial charge in [-0.15, -0.1) is 0 Å². The van der Waals surface area contributed by atoms with Gasteiger partial charge in [0.05, 0.1) is 0 Å². The highest BCUT2D eigenvalue weighted by Crippen LogP contribution is 2.16. The zero-order chi connectivity index (χ0) is 44.4. The highest BCUT2D eigenvalue weighted by Gasteiger charge is 2.19. The molecule has 0 aliphatic rings. The van der Waals surface area contributed by atoms with Crippen molar-refractivity contribution in [1.29, 1.82) is 0 Å². The maximum absolute atomic E-state index is 12.7. The number of unbranched alkanes of at least 4 members (excludes halogenated alkanes) is 29. The van der Waals surface area contributed by atoms with E-state index in [0.29, 0.717) is 19.3 Å². The minimum Gasteiger partial charge on any atom is -0.462 e. The van der Waals surface area contributed by atoms with Gasteiger partial charge in [-0.2, -0.15) is 0 Å². The standard InChI is InChI=1S/C55H96O6/c1-4-7-10-13-16-19-22-25-26-27-28-29-31-33-36-39-42-45-48-54(57)60-51-52(50-59-53(56)47-44-41-38-35-32-24-21-18-15-12-9-6-3)61-55(58)49-46-43-40-37-34-30-23-20-17-14-11-8-5-2/h8,11,14,17,20,23,30,34,37,40,52H,4-7,9-10,12-13,15-16,18-19,21-22,24-29,31-33,35-36,38-39,41-51H2,1-3H3/b11-8-,17-14-,23-20-,34-30-,40-37-. The first-order valence-electron chi connectivity index (χ1n) is 25.9. The predicted octanol–water partition coefficient (Wildman–Crippen LogP) is 16.9. The topological polar surface area (TPSA) is 78.9 Å². The lowest BCUT2D eigenvalue weighted by Gasteiger charge is -2.18. The van der Waals surface area contributed by atoms with Crippen LogP contribution >= 0.6 is 0 Å². The van der Waals surface area contributed by atoms with E-state index in [1.54, 1.807) is 0 Å². The van der Waals surface area contributed by atoms with Crippen LogP contribution in [0.4, 0.5) is 0 Å². The number of esters is 3. The summed E-state index contributed by atoms with van der Waals surface area (Å²) in [6.45, 7) is 6.45. The van der Waals surface area contributed by atoms with Crippen LogP contribution in [0.5, 0.6) is 0 Å². The summed E-state index contributed by atoms with van der Waals surface area (Å²) in [4.78, 5) is 37.9. The molecule has 0 fully saturated rings. The molecule has 0 radical (unpaired) electrons. The number of carbonyl (C=O) groups is 3. The van der Waals surface area contributed by atoms with Crippen LogP contribution in [-0.2, 0) is 28.6 Å². The van der Waals surface area contributed by atoms with Gasteiger partial charge < -0.3 is 14.2 Å². The van der Waals surface area contributed by atoms with Crippen molar-refractivity contribution in [3.63, 3.8) is 0 Å². The Balaban J connectivity index is 4.39. The lowest BCUT2D eigenvalue weighted by molar-refractivity contribution is -0.167. The van der Waals surface area contributed by atoms with Crippen LogP contribution in [0.15, 0.2) is 60.8 Å². The van der Waals surface area contributed by atoms with Gasteiger partial charge >= 0.3 is 17.9 Å². The molecule has 1 unspecified atom stereocenters. The maximum Gasteiger partial charge on any atom is 0.306 e. The van der Waals surface area contributed by atoms with Gasteiger partial charge in [0, 0.05) is 19.3 Å². The fraction of sp³-hybridized carbons (Fsp3) is 0.764. The Bertz CT molecular complexity index is 1120. The van der Waals surface area contributed by atoms with Gasteiger partial charge in [0.25, 0.3) is 0 Å². The quantitative estimate of drug-likeness (QED) is 0.0263. The van der Waals surface area contributed by atoms with Crippen molar-refractivity contribution < 1.29 is 28.6 Å². The molecule has 0 rings (SSSR count). The number of ether oxygens (including phenoxy) is 3. The average Bonchev–Trinajstić information content (AvgIpc) is 3.26. The Hall–Kier alpha value is -2.89. The summed E-state index contributed by atoms with van der Waals surface area (Å²) >= 11 is 0. The van der Waals surface area contributed by atoms with Crippen molar-refractivity contribution in [3.8, 4) is 0 Å². The lowest BCUT2D eigenvalue weighted by Crippen LogP contribution is -2.30. The Morgan fingerprint density at radius 2 is 0.639 bits per heavy atom. The number of rotatable bonds is 46. The fourth-order valence-electron chi connectivity index (χ4n) is 7.30. The minimum atomic E-state index is -0.806. The molecule has 0 saturated carbocycles. The SMILES string of the molecule is CC\C=C/C=C\C=C/C=C\C=C/CCCC(=O)OC(COC(=O)CCCCCCCCCCCCCC)COC(=O)CCCCCCCCCCCCCCCCCCCC. The van der Waals surface area contributed by atoms with Crippen LogP contribution in [0, 0.1) is 0 Å². The second-order valence-corrected chi connectivity index (χ2v) is 17.2. The smallest absolute Gasteiger partial charge is 0.306 e. The van der Waals surface area contributed by atoms with Gasteiger partial charge in [0.1, 0.15) is 13.2 Å². The first-order valence-corrected chi connectivity index (χ1v) is 25.9. The van der Waals surface area contributed by atoms with Crippen molar-refractivity contribution in [2.45, 2.75) is 258 Å². The zero-order valence-electron chi connectivity index (χ0n) is 40.2. The van der Waals surface area contributed by atoms with Crippen LogP contribution in [0.25, 0.3) is 0 Å². The summed E-state index contributed by atoms with van der Waals surface area (Å²) < 4.78 is 16.7. The molecule has 0 amide bonds. The van der Waals surface area contributed by atoms with Crippen LogP contribution in [0.3, 0.4) is 0 Å². The molecule has 0 N–H and O–H groups in total. The third kappa shape index (κ3) is 48.0. The molecular formula is C55H96O6. The van der Waals surface area contributed by atoms with E-state index in [2.05, 4.69) is 26.8 Å². The molecular weight excluding hydrogens is 757 g/mol. The molecule has 0 aliphatic carbocycles. The summed E-state index contributed by atoms with van der Waals surface area (Å²) in [5.74, 6) is -0.967. The normalized spacial score (nSPS) is 12.5. The first kappa shape index (κ1) is 58.1. The van der Waals surface area contributed by atoms with Crippen molar-refractivity contribution >= 4 is 17.9 Å². The van der Waals surface area contributed by atoms with Crippen LogP contribution in [0.2, 0.25) is 0 Å². The molecule has 0 aliphatic heterocycles. The Morgan fingerprint density at radius 1 is 0.344 bits per heavy atom. The Morgan fingerprint density at radius 3 is 0.984 bits per heavy atom. The molecule has 1 atom stereocenters. The van der Waals surface area contributed by atoms with Crippen LogP contribution in [-0.4, -0.2) is 37.2 Å². The monoisotopic (exact) mass is 853 g/mol. The predicted molar refractivity (Wildman–Crippen MR) is 261 cm³/mol. The molecule has 0 aromatic rings. The summed E-state index contributed by atoms with van der Waals surface area (Å²) in [6, 6.07) is 0. The molecule has 6 nitrogen and oxygen atoms in total. The summed E-state index contributed by atoms with van der Waals surface area (Å²) in [7, 11) is 0. The van der Waals surface area contributed by atoms with Gasteiger partial charge in [0.2, 0.25) is 0 Å². The van der Waals surface area contributed by atoms with E-state index < -0.39 is 6.10 Å². The van der Waals surface area contributed by atoms with E-state index in [9.17, 15) is 14.4 Å². The summed E-state index contributed by atoms with van der Waals surface area (Å²) in [5, 5.41) is 0. The van der Waals surface area contributed by atoms with Gasteiger partial charge in [-0.25, -0.2) is 0 Å². The van der Waals surface area contributed by atoms with Gasteiger partial charge in [-0.1, -0.05) is 261 Å². The van der Waals surface area contributed by atoms with Gasteiger partial charge in [-0.3, -0.25) is 14.4 Å². The molecule has 352 valence electrons. The van der Waals surface area contributed by atoms with E-state index in [4.69, 9.17) is 14.2 Å². The van der Waals surface area contributed by atoms with E-state index in [1.165, 1.54) is 154 Å². The van der Waals surface area contributed by atoms with E-state index >= 15 is 0 Å². The second kappa shape index (κ2) is 49.8. The third-order valence-corrected chi connectivity index (χ3v) is 11.2. The van der Waals surface area contributed by atoms with E-state index in [1.807, 2.05) is 54.7 Å². The second-order valence-electron chi connectivity index (χ2n) is 17.2. The number of allylic oxidation sites excluding steroid dienone is 10. The Labute approximate surface area is 377 Å². The molecule has 0 heterocycles. The number of carbonyl (C=O) groups excluding carboxylic acids is 3. The summed E-state index contributed by atoms with van der Waals surface area (Å²) in [6.07, 6.45) is 60.7. The molecule has 0 aromatic carbocycles. The van der Waals surface area contributed by atoms with Crippen molar-refractivity contribution in [2.75, 3.05) is 13.2 Å². The number of hydrogen-bond donors (Lipinski definition) is 0. The van der Waals surface area contributed by atoms with Gasteiger partial charge in [-0.05, 0) is 32.1 Å². The fourth-order valence-corrected chi connectivity index (χ4v) is 7.30. The molecule has 0 aromatic heterocycles. The van der Waals surface area contributed by atoms with Gasteiger partial charge in [0.15, 0.2) is 6.10 Å². The molecule has 6 heteroatoms.